The molecular formula is C15H12N6O2. The molecular weight excluding hydrogens is 296 g/mol. The van der Waals surface area contributed by atoms with Gasteiger partial charge in [0, 0.05) is 18.3 Å². The summed E-state index contributed by atoms with van der Waals surface area (Å²) in [6, 6.07) is 10.00. The van der Waals surface area contributed by atoms with Crippen LogP contribution in [0.4, 0.5) is 6.01 Å². The number of rotatable bonds is 3. The molecule has 0 saturated carbocycles. The van der Waals surface area contributed by atoms with E-state index in [-0.39, 0.29) is 11.9 Å². The number of nitrogens with zero attached hydrogens (tertiary/aromatic N) is 5. The summed E-state index contributed by atoms with van der Waals surface area (Å²) in [5, 5.41) is 23.1. The van der Waals surface area contributed by atoms with Crippen molar-refractivity contribution in [3.05, 3.63) is 47.2 Å². The van der Waals surface area contributed by atoms with Crippen molar-refractivity contribution in [2.45, 2.75) is 6.92 Å². The Kier molecular flexibility index (Phi) is 3.60. The zero-order chi connectivity index (χ0) is 16.4. The summed E-state index contributed by atoms with van der Waals surface area (Å²) >= 11 is 0. The minimum absolute atomic E-state index is 0.0161. The third-order valence-corrected chi connectivity index (χ3v) is 3.25. The van der Waals surface area contributed by atoms with Gasteiger partial charge in [-0.15, -0.1) is 5.10 Å². The van der Waals surface area contributed by atoms with Gasteiger partial charge in [-0.05, 0) is 37.3 Å². The lowest BCUT2D eigenvalue weighted by molar-refractivity contribution is 0.102. The number of amides is 1. The molecule has 114 valence electrons. The van der Waals surface area contributed by atoms with Gasteiger partial charge in [0.05, 0.1) is 11.6 Å². The second-order valence-corrected chi connectivity index (χ2v) is 4.85. The molecule has 2 heterocycles. The first-order valence-corrected chi connectivity index (χ1v) is 6.73. The Morgan fingerprint density at radius 3 is 2.65 bits per heavy atom. The predicted molar refractivity (Wildman–Crippen MR) is 80.3 cm³/mol. The van der Waals surface area contributed by atoms with Crippen LogP contribution in [-0.4, -0.2) is 25.9 Å². The highest BCUT2D eigenvalue weighted by Gasteiger charge is 2.15. The van der Waals surface area contributed by atoms with E-state index in [0.717, 1.165) is 5.69 Å². The third-order valence-electron chi connectivity index (χ3n) is 3.25. The molecule has 1 N–H and O–H groups in total. The second-order valence-electron chi connectivity index (χ2n) is 4.85. The lowest BCUT2D eigenvalue weighted by atomic mass is 10.1. The summed E-state index contributed by atoms with van der Waals surface area (Å²) in [5.74, 6) is -0.175. The van der Waals surface area contributed by atoms with Crippen LogP contribution < -0.4 is 5.32 Å². The number of nitriles is 1. The highest BCUT2D eigenvalue weighted by Crippen LogP contribution is 2.19. The van der Waals surface area contributed by atoms with Crippen LogP contribution in [0.2, 0.25) is 0 Å². The van der Waals surface area contributed by atoms with Gasteiger partial charge >= 0.3 is 6.01 Å². The first-order valence-electron chi connectivity index (χ1n) is 6.73. The van der Waals surface area contributed by atoms with Gasteiger partial charge in [-0.3, -0.25) is 14.8 Å². The molecule has 0 saturated heterocycles. The first kappa shape index (κ1) is 14.5. The van der Waals surface area contributed by atoms with Crippen molar-refractivity contribution in [2.24, 2.45) is 7.05 Å². The van der Waals surface area contributed by atoms with Crippen LogP contribution in [-0.2, 0) is 7.05 Å². The van der Waals surface area contributed by atoms with Crippen molar-refractivity contribution >= 4 is 11.9 Å². The normalized spacial score (nSPS) is 10.3. The fraction of sp³-hybridized carbons (Fsp3) is 0.133. The summed E-state index contributed by atoms with van der Waals surface area (Å²) in [4.78, 5) is 12.1. The summed E-state index contributed by atoms with van der Waals surface area (Å²) < 4.78 is 7.08. The van der Waals surface area contributed by atoms with Gasteiger partial charge in [-0.25, -0.2) is 0 Å². The van der Waals surface area contributed by atoms with Crippen molar-refractivity contribution in [3.63, 3.8) is 0 Å². The van der Waals surface area contributed by atoms with E-state index >= 15 is 0 Å². The topological polar surface area (TPSA) is 110 Å². The molecule has 0 aliphatic carbocycles. The van der Waals surface area contributed by atoms with Crippen LogP contribution >= 0.6 is 0 Å². The molecule has 0 bridgehead atoms. The van der Waals surface area contributed by atoms with E-state index in [4.69, 9.17) is 9.68 Å². The van der Waals surface area contributed by atoms with Crippen LogP contribution in [0, 0.1) is 18.3 Å². The van der Waals surface area contributed by atoms with Crippen LogP contribution in [0.3, 0.4) is 0 Å². The summed E-state index contributed by atoms with van der Waals surface area (Å²) in [6.45, 7) is 1.90. The minimum Gasteiger partial charge on any atom is -0.401 e. The first-order chi connectivity index (χ1) is 11.1. The number of hydrogen-bond donors (Lipinski definition) is 1. The minimum atomic E-state index is -0.401. The van der Waals surface area contributed by atoms with E-state index in [1.165, 1.54) is 0 Å². The Balaban J connectivity index is 1.75. The molecule has 0 atom stereocenters. The molecule has 3 rings (SSSR count). The lowest BCUT2D eigenvalue weighted by Gasteiger charge is -2.00. The Labute approximate surface area is 131 Å². The van der Waals surface area contributed by atoms with Gasteiger partial charge in [-0.2, -0.15) is 10.4 Å². The highest BCUT2D eigenvalue weighted by molar-refractivity contribution is 6.03. The Hall–Kier alpha value is -3.47. The average molecular weight is 308 g/mol. The number of benzene rings is 1. The van der Waals surface area contributed by atoms with E-state index < -0.39 is 5.91 Å². The summed E-state index contributed by atoms with van der Waals surface area (Å²) in [7, 11) is 1.81. The van der Waals surface area contributed by atoms with Gasteiger partial charge in [0.1, 0.15) is 5.69 Å². The third kappa shape index (κ3) is 2.94. The van der Waals surface area contributed by atoms with Crippen LogP contribution in [0.15, 0.2) is 34.7 Å². The predicted octanol–water partition coefficient (Wildman–Crippen LogP) is 1.90. The number of carbonyl (C=O) groups is 1. The van der Waals surface area contributed by atoms with Crippen molar-refractivity contribution in [1.29, 1.82) is 5.26 Å². The molecule has 0 fully saturated rings. The zero-order valence-electron chi connectivity index (χ0n) is 12.4. The van der Waals surface area contributed by atoms with Gasteiger partial charge < -0.3 is 4.42 Å². The quantitative estimate of drug-likeness (QED) is 0.791. The number of nitrogens with one attached hydrogen (secondary N) is 1. The number of carbonyl (C=O) groups excluding carboxylic acids is 1. The number of aryl methyl sites for hydroxylation is 2. The monoisotopic (exact) mass is 308 g/mol. The lowest BCUT2D eigenvalue weighted by Crippen LogP contribution is -2.11. The maximum absolute atomic E-state index is 12.1. The van der Waals surface area contributed by atoms with Gasteiger partial charge in [-0.1, -0.05) is 5.10 Å². The second kappa shape index (κ2) is 5.73. The van der Waals surface area contributed by atoms with Crippen molar-refractivity contribution in [3.8, 4) is 17.7 Å². The molecule has 1 aromatic carbocycles. The van der Waals surface area contributed by atoms with E-state index in [1.807, 2.05) is 20.0 Å². The van der Waals surface area contributed by atoms with Gasteiger partial charge in [0.25, 0.3) is 11.8 Å². The van der Waals surface area contributed by atoms with E-state index in [9.17, 15) is 4.79 Å². The number of hydrogen-bond acceptors (Lipinski definition) is 6. The molecule has 8 nitrogen and oxygen atoms in total. The average Bonchev–Trinajstić information content (AvgIpc) is 3.14. The SMILES string of the molecule is Cc1cc(-c2nnc(NC(=O)c3ccc(C#N)cc3)o2)nn1C. The molecule has 8 heteroatoms. The van der Waals surface area contributed by atoms with Crippen LogP contribution in [0.1, 0.15) is 21.6 Å². The van der Waals surface area contributed by atoms with Gasteiger partial charge in [0.15, 0.2) is 0 Å². The Morgan fingerprint density at radius 2 is 2.04 bits per heavy atom. The molecule has 23 heavy (non-hydrogen) atoms. The van der Waals surface area contributed by atoms with Crippen molar-refractivity contribution in [1.82, 2.24) is 20.0 Å². The molecule has 0 spiro atoms. The van der Waals surface area contributed by atoms with E-state index in [0.29, 0.717) is 16.8 Å². The molecule has 2 aromatic heterocycles. The molecule has 0 aliphatic rings. The molecule has 1 amide bonds. The van der Waals surface area contributed by atoms with Crippen LogP contribution in [0.25, 0.3) is 11.6 Å². The number of aromatic nitrogens is 4. The fourth-order valence-electron chi connectivity index (χ4n) is 1.91. The molecule has 0 aliphatic heterocycles. The summed E-state index contributed by atoms with van der Waals surface area (Å²) in [6.07, 6.45) is 0. The largest absolute Gasteiger partial charge is 0.401 e. The van der Waals surface area contributed by atoms with E-state index in [2.05, 4.69) is 20.6 Å². The van der Waals surface area contributed by atoms with E-state index in [1.54, 1.807) is 35.0 Å². The Bertz CT molecular complexity index is 881. The number of anilines is 1. The Morgan fingerprint density at radius 1 is 1.30 bits per heavy atom. The molecule has 0 unspecified atom stereocenters. The molecule has 0 radical (unpaired) electrons. The van der Waals surface area contributed by atoms with Crippen molar-refractivity contribution < 1.29 is 9.21 Å². The molecule has 3 aromatic rings. The van der Waals surface area contributed by atoms with Crippen LogP contribution in [0.5, 0.6) is 0 Å². The van der Waals surface area contributed by atoms with Gasteiger partial charge in [0.2, 0.25) is 0 Å². The summed E-state index contributed by atoms with van der Waals surface area (Å²) in [5.41, 5.74) is 2.35. The maximum Gasteiger partial charge on any atom is 0.322 e. The van der Waals surface area contributed by atoms with Crippen molar-refractivity contribution in [2.75, 3.05) is 5.32 Å². The zero-order valence-corrected chi connectivity index (χ0v) is 12.4. The highest BCUT2D eigenvalue weighted by atomic mass is 16.4. The fourth-order valence-corrected chi connectivity index (χ4v) is 1.91. The standard InChI is InChI=1S/C15H12N6O2/c1-9-7-12(20-21(9)2)14-18-19-15(23-14)17-13(22)11-5-3-10(8-16)4-6-11/h3-7H,1-2H3,(H,17,19,22). The maximum atomic E-state index is 12.1. The smallest absolute Gasteiger partial charge is 0.322 e.